The number of hydrogen-bond acceptors (Lipinski definition) is 4. The zero-order valence-electron chi connectivity index (χ0n) is 19.4. The Morgan fingerprint density at radius 3 is 2.78 bits per heavy atom. The van der Waals surface area contributed by atoms with E-state index >= 15 is 0 Å². The lowest BCUT2D eigenvalue weighted by Gasteiger charge is -2.39. The minimum Gasteiger partial charge on any atom is -0.497 e. The molecule has 2 bridgehead atoms. The van der Waals surface area contributed by atoms with Crippen LogP contribution in [0.5, 0.6) is 5.75 Å². The quantitative estimate of drug-likeness (QED) is 0.735. The van der Waals surface area contributed by atoms with Crippen LogP contribution in [0.4, 0.5) is 0 Å². The molecule has 170 valence electrons. The van der Waals surface area contributed by atoms with Gasteiger partial charge >= 0.3 is 0 Å². The lowest BCUT2D eigenvalue weighted by molar-refractivity contribution is 0.0675. The van der Waals surface area contributed by atoms with E-state index in [9.17, 15) is 9.59 Å². The molecule has 2 fully saturated rings. The van der Waals surface area contributed by atoms with E-state index in [1.165, 1.54) is 0 Å². The van der Waals surface area contributed by atoms with E-state index in [2.05, 4.69) is 25.9 Å². The number of amides is 2. The van der Waals surface area contributed by atoms with Crippen LogP contribution in [-0.4, -0.2) is 57.6 Å². The second-order valence-electron chi connectivity index (χ2n) is 10.9. The fourth-order valence-corrected chi connectivity index (χ4v) is 6.33. The molecular formula is C25H32N4O3. The van der Waals surface area contributed by atoms with Gasteiger partial charge in [-0.3, -0.25) is 14.3 Å². The van der Waals surface area contributed by atoms with Crippen LogP contribution in [0.1, 0.15) is 66.6 Å². The number of rotatable bonds is 4. The largest absolute Gasteiger partial charge is 0.497 e. The van der Waals surface area contributed by atoms with Crippen LogP contribution in [0, 0.1) is 10.8 Å². The summed E-state index contributed by atoms with van der Waals surface area (Å²) in [5.41, 5.74) is 2.32. The molecule has 1 aromatic carbocycles. The molecule has 2 amide bonds. The minimum atomic E-state index is -0.0844. The van der Waals surface area contributed by atoms with Crippen molar-refractivity contribution in [2.75, 3.05) is 20.2 Å². The molecule has 0 radical (unpaired) electrons. The Morgan fingerprint density at radius 1 is 1.19 bits per heavy atom. The van der Waals surface area contributed by atoms with Gasteiger partial charge in [-0.2, -0.15) is 5.10 Å². The van der Waals surface area contributed by atoms with Gasteiger partial charge in [-0.15, -0.1) is 0 Å². The van der Waals surface area contributed by atoms with Crippen molar-refractivity contribution in [1.82, 2.24) is 19.6 Å². The van der Waals surface area contributed by atoms with Crippen molar-refractivity contribution >= 4 is 11.8 Å². The SMILES string of the molecule is COc1cccc(CN2CCn3nc(C(=O)N4CC5(C)CC4CC(C)(C)C5)cc3C2=O)c1. The van der Waals surface area contributed by atoms with Crippen molar-refractivity contribution in [1.29, 1.82) is 0 Å². The molecule has 5 rings (SSSR count). The molecule has 1 aromatic heterocycles. The average Bonchev–Trinajstić information content (AvgIpc) is 3.28. The first-order chi connectivity index (χ1) is 15.2. The summed E-state index contributed by atoms with van der Waals surface area (Å²) in [6, 6.07) is 9.71. The predicted molar refractivity (Wildman–Crippen MR) is 121 cm³/mol. The Bertz CT molecular complexity index is 1070. The summed E-state index contributed by atoms with van der Waals surface area (Å²) in [6.07, 6.45) is 3.22. The third-order valence-corrected chi connectivity index (χ3v) is 7.27. The number of methoxy groups -OCH3 is 1. The number of ether oxygens (including phenoxy) is 1. The molecule has 1 aliphatic carbocycles. The van der Waals surface area contributed by atoms with Crippen molar-refractivity contribution in [3.05, 3.63) is 47.3 Å². The van der Waals surface area contributed by atoms with Crippen LogP contribution in [0.25, 0.3) is 0 Å². The van der Waals surface area contributed by atoms with Crippen LogP contribution in [-0.2, 0) is 13.1 Å². The van der Waals surface area contributed by atoms with Crippen molar-refractivity contribution in [3.8, 4) is 5.75 Å². The van der Waals surface area contributed by atoms with E-state index in [-0.39, 0.29) is 28.7 Å². The van der Waals surface area contributed by atoms with Gasteiger partial charge in [-0.05, 0) is 47.8 Å². The van der Waals surface area contributed by atoms with E-state index < -0.39 is 0 Å². The fraction of sp³-hybridized carbons (Fsp3) is 0.560. The van der Waals surface area contributed by atoms with Gasteiger partial charge in [0.05, 0.1) is 13.7 Å². The highest BCUT2D eigenvalue weighted by atomic mass is 16.5. The molecule has 0 spiro atoms. The standard InChI is InChI=1S/C25H32N4O3/c1-24(2)12-18-13-25(3,15-24)16-28(18)22(30)20-11-21-23(31)27(8-9-29(21)26-20)14-17-6-5-7-19(10-17)32-4/h5-7,10-11,18H,8-9,12-16H2,1-4H3. The number of carbonyl (C=O) groups is 2. The molecule has 1 saturated heterocycles. The topological polar surface area (TPSA) is 67.7 Å². The third-order valence-electron chi connectivity index (χ3n) is 7.27. The summed E-state index contributed by atoms with van der Waals surface area (Å²) in [5, 5.41) is 4.55. The first-order valence-corrected chi connectivity index (χ1v) is 11.5. The maximum atomic E-state index is 13.4. The normalized spacial score (nSPS) is 26.2. The minimum absolute atomic E-state index is 0.0366. The lowest BCUT2D eigenvalue weighted by Crippen LogP contribution is -2.39. The van der Waals surface area contributed by atoms with Gasteiger partial charge in [0.25, 0.3) is 11.8 Å². The van der Waals surface area contributed by atoms with Gasteiger partial charge in [-0.1, -0.05) is 32.9 Å². The van der Waals surface area contributed by atoms with Crippen molar-refractivity contribution in [3.63, 3.8) is 0 Å². The van der Waals surface area contributed by atoms with E-state index in [1.54, 1.807) is 17.9 Å². The molecule has 32 heavy (non-hydrogen) atoms. The summed E-state index contributed by atoms with van der Waals surface area (Å²) < 4.78 is 7.00. The number of carbonyl (C=O) groups excluding carboxylic acids is 2. The number of hydrogen-bond donors (Lipinski definition) is 0. The molecule has 7 nitrogen and oxygen atoms in total. The smallest absolute Gasteiger partial charge is 0.274 e. The number of likely N-dealkylation sites (tertiary alicyclic amines) is 1. The second-order valence-corrected chi connectivity index (χ2v) is 10.9. The molecular weight excluding hydrogens is 404 g/mol. The van der Waals surface area contributed by atoms with E-state index in [1.807, 2.05) is 34.1 Å². The number of benzene rings is 1. The molecule has 0 N–H and O–H groups in total. The van der Waals surface area contributed by atoms with Gasteiger partial charge in [0, 0.05) is 31.7 Å². The number of fused-ring (bicyclic) bond motifs is 3. The van der Waals surface area contributed by atoms with Crippen LogP contribution in [0.3, 0.4) is 0 Å². The Morgan fingerprint density at radius 2 is 2.00 bits per heavy atom. The van der Waals surface area contributed by atoms with Crippen molar-refractivity contribution in [2.45, 2.75) is 59.2 Å². The summed E-state index contributed by atoms with van der Waals surface area (Å²) in [4.78, 5) is 30.4. The molecule has 2 unspecified atom stereocenters. The summed E-state index contributed by atoms with van der Waals surface area (Å²) in [6.45, 7) is 9.34. The predicted octanol–water partition coefficient (Wildman–Crippen LogP) is 3.59. The molecule has 7 heteroatoms. The van der Waals surface area contributed by atoms with Crippen LogP contribution in [0.15, 0.2) is 30.3 Å². The Hall–Kier alpha value is -2.83. The van der Waals surface area contributed by atoms with Gasteiger partial charge in [0.15, 0.2) is 5.69 Å². The molecule has 1 saturated carbocycles. The first kappa shape index (κ1) is 21.0. The lowest BCUT2D eigenvalue weighted by atomic mass is 9.65. The molecule has 2 aliphatic heterocycles. The molecule has 3 heterocycles. The first-order valence-electron chi connectivity index (χ1n) is 11.5. The zero-order valence-corrected chi connectivity index (χ0v) is 19.4. The molecule has 3 aliphatic rings. The summed E-state index contributed by atoms with van der Waals surface area (Å²) in [7, 11) is 1.64. The summed E-state index contributed by atoms with van der Waals surface area (Å²) in [5.74, 6) is 0.655. The van der Waals surface area contributed by atoms with Crippen LogP contribution in [0.2, 0.25) is 0 Å². The van der Waals surface area contributed by atoms with E-state index in [0.717, 1.165) is 37.1 Å². The van der Waals surface area contributed by atoms with Crippen molar-refractivity contribution < 1.29 is 14.3 Å². The maximum absolute atomic E-state index is 13.4. The highest BCUT2D eigenvalue weighted by Crippen LogP contribution is 2.52. The third kappa shape index (κ3) is 3.67. The van der Waals surface area contributed by atoms with Crippen molar-refractivity contribution in [2.24, 2.45) is 10.8 Å². The monoisotopic (exact) mass is 436 g/mol. The van der Waals surface area contributed by atoms with Gasteiger partial charge in [0.1, 0.15) is 11.4 Å². The zero-order chi connectivity index (χ0) is 22.7. The average molecular weight is 437 g/mol. The fourth-order valence-electron chi connectivity index (χ4n) is 6.33. The number of nitrogens with zero attached hydrogens (tertiary/aromatic N) is 4. The Labute approximate surface area is 189 Å². The summed E-state index contributed by atoms with van der Waals surface area (Å²) >= 11 is 0. The highest BCUT2D eigenvalue weighted by molar-refractivity contribution is 5.98. The van der Waals surface area contributed by atoms with E-state index in [4.69, 9.17) is 4.74 Å². The van der Waals surface area contributed by atoms with Crippen LogP contribution < -0.4 is 4.74 Å². The van der Waals surface area contributed by atoms with Gasteiger partial charge in [-0.25, -0.2) is 0 Å². The van der Waals surface area contributed by atoms with Gasteiger partial charge < -0.3 is 14.5 Å². The highest BCUT2D eigenvalue weighted by Gasteiger charge is 2.51. The molecule has 2 atom stereocenters. The molecule has 2 aromatic rings. The number of aromatic nitrogens is 2. The maximum Gasteiger partial charge on any atom is 0.274 e. The second kappa shape index (κ2) is 7.36. The van der Waals surface area contributed by atoms with E-state index in [0.29, 0.717) is 31.0 Å². The Kier molecular flexibility index (Phi) is 4.84. The Balaban J connectivity index is 1.34. The van der Waals surface area contributed by atoms with Crippen LogP contribution >= 0.6 is 0 Å². The van der Waals surface area contributed by atoms with Gasteiger partial charge in [0.2, 0.25) is 0 Å².